The van der Waals surface area contributed by atoms with Gasteiger partial charge in [-0.05, 0) is 41.5 Å². The number of rotatable bonds is 7. The first kappa shape index (κ1) is 19.5. The molecule has 0 heterocycles. The zero-order chi connectivity index (χ0) is 19.9. The van der Waals surface area contributed by atoms with Gasteiger partial charge in [0.15, 0.2) is 6.61 Å². The molecule has 0 saturated heterocycles. The monoisotopic (exact) mass is 394 g/mol. The van der Waals surface area contributed by atoms with E-state index in [1.54, 1.807) is 36.4 Å². The van der Waals surface area contributed by atoms with Crippen molar-refractivity contribution in [2.45, 2.75) is 6.04 Å². The van der Waals surface area contributed by atoms with Crippen LogP contribution in [0.2, 0.25) is 5.02 Å². The number of ether oxygens (including phenoxy) is 1. The Morgan fingerprint density at radius 3 is 2.29 bits per heavy atom. The Bertz CT molecular complexity index is 959. The van der Waals surface area contributed by atoms with Crippen LogP contribution in [0.5, 0.6) is 5.75 Å². The zero-order valence-corrected chi connectivity index (χ0v) is 15.7. The molecule has 0 saturated carbocycles. The smallest absolute Gasteiger partial charge is 0.255 e. The summed E-state index contributed by atoms with van der Waals surface area (Å²) in [5, 5.41) is 3.67. The molecule has 0 aliphatic carbocycles. The fourth-order valence-corrected chi connectivity index (χ4v) is 2.88. The molecule has 0 aliphatic rings. The average molecular weight is 395 g/mol. The maximum Gasteiger partial charge on any atom is 0.255 e. The molecular weight excluding hydrogens is 376 g/mol. The molecule has 0 bridgehead atoms. The maximum absolute atomic E-state index is 12.9. The molecule has 28 heavy (non-hydrogen) atoms. The highest BCUT2D eigenvalue weighted by molar-refractivity contribution is 6.30. The number of benzene rings is 3. The number of nitrogens with one attached hydrogen (secondary N) is 1. The average Bonchev–Trinajstić information content (AvgIpc) is 2.72. The van der Waals surface area contributed by atoms with Crippen LogP contribution in [0.25, 0.3) is 0 Å². The number of hydrogen-bond acceptors (Lipinski definition) is 3. The van der Waals surface area contributed by atoms with Crippen molar-refractivity contribution in [1.82, 2.24) is 5.32 Å². The summed E-state index contributed by atoms with van der Waals surface area (Å²) in [7, 11) is 0. The Labute approximate surface area is 168 Å². The number of halogens is 1. The van der Waals surface area contributed by atoms with Crippen LogP contribution in [0.15, 0.2) is 78.9 Å². The summed E-state index contributed by atoms with van der Waals surface area (Å²) in [4.78, 5) is 23.8. The van der Waals surface area contributed by atoms with Crippen molar-refractivity contribution in [2.75, 3.05) is 6.61 Å². The van der Waals surface area contributed by atoms with Crippen molar-refractivity contribution in [3.8, 4) is 5.75 Å². The SMILES string of the molecule is NC(=O)COc1cccc(C(=O)NC(c2ccccc2)c2ccc(Cl)cc2)c1. The molecule has 3 aromatic rings. The van der Waals surface area contributed by atoms with E-state index < -0.39 is 5.91 Å². The van der Waals surface area contributed by atoms with E-state index in [-0.39, 0.29) is 18.6 Å². The number of primary amides is 1. The topological polar surface area (TPSA) is 81.4 Å². The lowest BCUT2D eigenvalue weighted by Gasteiger charge is -2.20. The van der Waals surface area contributed by atoms with Crippen molar-refractivity contribution < 1.29 is 14.3 Å². The normalized spacial score (nSPS) is 11.5. The lowest BCUT2D eigenvalue weighted by molar-refractivity contribution is -0.119. The Hall–Kier alpha value is -3.31. The van der Waals surface area contributed by atoms with Crippen LogP contribution in [0, 0.1) is 0 Å². The van der Waals surface area contributed by atoms with E-state index in [1.165, 1.54) is 0 Å². The molecule has 3 N–H and O–H groups in total. The van der Waals surface area contributed by atoms with Gasteiger partial charge in [-0.1, -0.05) is 60.1 Å². The zero-order valence-electron chi connectivity index (χ0n) is 15.0. The molecule has 6 heteroatoms. The largest absolute Gasteiger partial charge is 0.484 e. The van der Waals surface area contributed by atoms with Gasteiger partial charge in [-0.15, -0.1) is 0 Å². The summed E-state index contributed by atoms with van der Waals surface area (Å²) in [6.45, 7) is -0.248. The number of nitrogens with two attached hydrogens (primary N) is 1. The van der Waals surface area contributed by atoms with Crippen LogP contribution in [-0.2, 0) is 4.79 Å². The quantitative estimate of drug-likeness (QED) is 0.640. The Kier molecular flexibility index (Phi) is 6.29. The molecule has 0 aromatic heterocycles. The second-order valence-electron chi connectivity index (χ2n) is 6.15. The summed E-state index contributed by atoms with van der Waals surface area (Å²) >= 11 is 6.00. The van der Waals surface area contributed by atoms with E-state index in [2.05, 4.69) is 5.32 Å². The van der Waals surface area contributed by atoms with E-state index in [1.807, 2.05) is 42.5 Å². The second-order valence-corrected chi connectivity index (χ2v) is 6.59. The molecule has 0 fully saturated rings. The number of amides is 2. The van der Waals surface area contributed by atoms with Gasteiger partial charge in [-0.2, -0.15) is 0 Å². The minimum absolute atomic E-state index is 0.248. The van der Waals surface area contributed by atoms with Crippen LogP contribution < -0.4 is 15.8 Å². The van der Waals surface area contributed by atoms with Gasteiger partial charge < -0.3 is 15.8 Å². The van der Waals surface area contributed by atoms with E-state index in [0.29, 0.717) is 16.3 Å². The van der Waals surface area contributed by atoms with E-state index in [9.17, 15) is 9.59 Å². The summed E-state index contributed by atoms with van der Waals surface area (Å²) in [6.07, 6.45) is 0. The minimum Gasteiger partial charge on any atom is -0.484 e. The molecule has 3 aromatic carbocycles. The van der Waals surface area contributed by atoms with Gasteiger partial charge in [0.2, 0.25) is 0 Å². The lowest BCUT2D eigenvalue weighted by Crippen LogP contribution is -2.29. The fourth-order valence-electron chi connectivity index (χ4n) is 2.76. The molecule has 142 valence electrons. The van der Waals surface area contributed by atoms with Gasteiger partial charge in [0.25, 0.3) is 11.8 Å². The van der Waals surface area contributed by atoms with Crippen LogP contribution in [-0.4, -0.2) is 18.4 Å². The Balaban J connectivity index is 1.84. The minimum atomic E-state index is -0.582. The first-order valence-corrected chi connectivity index (χ1v) is 9.03. The second kappa shape index (κ2) is 9.06. The summed E-state index contributed by atoms with van der Waals surface area (Å²) in [5.41, 5.74) is 7.36. The number of hydrogen-bond donors (Lipinski definition) is 2. The Morgan fingerprint density at radius 1 is 0.929 bits per heavy atom. The van der Waals surface area contributed by atoms with Gasteiger partial charge in [0.1, 0.15) is 5.75 Å². The van der Waals surface area contributed by atoms with Crippen molar-refractivity contribution in [3.63, 3.8) is 0 Å². The molecule has 1 atom stereocenters. The molecule has 1 unspecified atom stereocenters. The molecule has 0 aliphatic heterocycles. The molecular formula is C22H19ClN2O3. The molecule has 0 spiro atoms. The predicted molar refractivity (Wildman–Crippen MR) is 108 cm³/mol. The van der Waals surface area contributed by atoms with Gasteiger partial charge in [-0.3, -0.25) is 9.59 Å². The molecule has 2 amide bonds. The Morgan fingerprint density at radius 2 is 1.61 bits per heavy atom. The van der Waals surface area contributed by atoms with Crippen molar-refractivity contribution in [1.29, 1.82) is 0 Å². The fraction of sp³-hybridized carbons (Fsp3) is 0.0909. The first-order valence-electron chi connectivity index (χ1n) is 8.65. The summed E-state index contributed by atoms with van der Waals surface area (Å²) < 4.78 is 5.28. The highest BCUT2D eigenvalue weighted by atomic mass is 35.5. The van der Waals surface area contributed by atoms with Gasteiger partial charge in [0.05, 0.1) is 6.04 Å². The first-order chi connectivity index (χ1) is 13.5. The predicted octanol–water partition coefficient (Wildman–Crippen LogP) is 3.72. The van der Waals surface area contributed by atoms with Crippen LogP contribution in [0.4, 0.5) is 0 Å². The van der Waals surface area contributed by atoms with E-state index >= 15 is 0 Å². The van der Waals surface area contributed by atoms with E-state index in [0.717, 1.165) is 11.1 Å². The standard InChI is InChI=1S/C22H19ClN2O3/c23-18-11-9-16(10-12-18)21(15-5-2-1-3-6-15)25-22(27)17-7-4-8-19(13-17)28-14-20(24)26/h1-13,21H,14H2,(H2,24,26)(H,25,27). The van der Waals surface area contributed by atoms with Crippen molar-refractivity contribution in [2.24, 2.45) is 5.73 Å². The van der Waals surface area contributed by atoms with Gasteiger partial charge in [0, 0.05) is 10.6 Å². The highest BCUT2D eigenvalue weighted by Gasteiger charge is 2.18. The van der Waals surface area contributed by atoms with Crippen LogP contribution in [0.3, 0.4) is 0 Å². The van der Waals surface area contributed by atoms with Gasteiger partial charge in [-0.25, -0.2) is 0 Å². The molecule has 5 nitrogen and oxygen atoms in total. The summed E-state index contributed by atoms with van der Waals surface area (Å²) in [6, 6.07) is 23.2. The van der Waals surface area contributed by atoms with Crippen LogP contribution in [0.1, 0.15) is 27.5 Å². The third kappa shape index (κ3) is 5.11. The maximum atomic E-state index is 12.9. The summed E-state index contributed by atoms with van der Waals surface area (Å²) in [5.74, 6) is -0.454. The highest BCUT2D eigenvalue weighted by Crippen LogP contribution is 2.24. The molecule has 3 rings (SSSR count). The van der Waals surface area contributed by atoms with Crippen molar-refractivity contribution >= 4 is 23.4 Å². The third-order valence-electron chi connectivity index (χ3n) is 4.09. The third-order valence-corrected chi connectivity index (χ3v) is 4.34. The van der Waals surface area contributed by atoms with E-state index in [4.69, 9.17) is 22.1 Å². The van der Waals surface area contributed by atoms with Crippen molar-refractivity contribution in [3.05, 3.63) is 101 Å². The lowest BCUT2D eigenvalue weighted by atomic mass is 9.98. The number of carbonyl (C=O) groups is 2. The number of carbonyl (C=O) groups excluding carboxylic acids is 2. The van der Waals surface area contributed by atoms with Crippen LogP contribution >= 0.6 is 11.6 Å². The van der Waals surface area contributed by atoms with Gasteiger partial charge >= 0.3 is 0 Å². The molecule has 0 radical (unpaired) electrons.